The first-order chi connectivity index (χ1) is 9.25. The molecule has 1 heterocycles. The van der Waals surface area contributed by atoms with Crippen LogP contribution in [-0.2, 0) is 0 Å². The second kappa shape index (κ2) is 7.43. The molecule has 0 unspecified atom stereocenters. The van der Waals surface area contributed by atoms with E-state index in [4.69, 9.17) is 0 Å². The second-order valence-electron chi connectivity index (χ2n) is 5.35. The van der Waals surface area contributed by atoms with Crippen LogP contribution in [0.3, 0.4) is 0 Å². The molecule has 0 aromatic heterocycles. The van der Waals surface area contributed by atoms with Gasteiger partial charge < -0.3 is 15.7 Å². The second-order valence-corrected chi connectivity index (χ2v) is 5.35. The van der Waals surface area contributed by atoms with Gasteiger partial charge in [0.05, 0.1) is 6.10 Å². The molecule has 0 radical (unpaired) electrons. The van der Waals surface area contributed by atoms with E-state index in [2.05, 4.69) is 47.9 Å². The van der Waals surface area contributed by atoms with Gasteiger partial charge in [0.15, 0.2) is 0 Å². The predicted molar refractivity (Wildman–Crippen MR) is 79.9 cm³/mol. The summed E-state index contributed by atoms with van der Waals surface area (Å²) in [5.74, 6) is 0.380. The predicted octanol–water partition coefficient (Wildman–Crippen LogP) is 1.65. The van der Waals surface area contributed by atoms with Gasteiger partial charge in [0.2, 0.25) is 0 Å². The minimum atomic E-state index is -0.209. The minimum absolute atomic E-state index is 0.209. The van der Waals surface area contributed by atoms with Crippen LogP contribution in [0.1, 0.15) is 18.9 Å². The van der Waals surface area contributed by atoms with Crippen LogP contribution >= 0.6 is 0 Å². The molecule has 3 N–H and O–H groups in total. The summed E-state index contributed by atoms with van der Waals surface area (Å²) in [4.78, 5) is 0. The molecule has 1 fully saturated rings. The molecule has 0 amide bonds. The summed E-state index contributed by atoms with van der Waals surface area (Å²) in [6, 6.07) is 10.4. The molecule has 2 rings (SSSR count). The van der Waals surface area contributed by atoms with Crippen LogP contribution in [0.5, 0.6) is 0 Å². The smallest absolute Gasteiger partial charge is 0.0705 e. The van der Waals surface area contributed by atoms with Crippen LogP contribution in [0.2, 0.25) is 0 Å². The van der Waals surface area contributed by atoms with Crippen molar-refractivity contribution in [1.82, 2.24) is 10.6 Å². The Balaban J connectivity index is 1.74. The van der Waals surface area contributed by atoms with Crippen molar-refractivity contribution in [1.29, 1.82) is 0 Å². The molecule has 0 bridgehead atoms. The number of rotatable bonds is 5. The number of hydrogen-bond donors (Lipinski definition) is 3. The molecule has 3 heteroatoms. The maximum Gasteiger partial charge on any atom is 0.0705 e. The lowest BCUT2D eigenvalue weighted by molar-refractivity contribution is 0.0820. The molecule has 2 atom stereocenters. The van der Waals surface area contributed by atoms with E-state index in [9.17, 15) is 5.11 Å². The van der Waals surface area contributed by atoms with Crippen LogP contribution in [0.4, 0.5) is 0 Å². The van der Waals surface area contributed by atoms with E-state index in [0.29, 0.717) is 5.92 Å². The Bertz CT molecular complexity index is 402. The summed E-state index contributed by atoms with van der Waals surface area (Å²) >= 11 is 0. The molecule has 19 heavy (non-hydrogen) atoms. The molecule has 1 aliphatic heterocycles. The number of nitrogens with one attached hydrogen (secondary N) is 2. The van der Waals surface area contributed by atoms with Crippen molar-refractivity contribution >= 4 is 6.08 Å². The normalized spacial score (nSPS) is 24.4. The van der Waals surface area contributed by atoms with Crippen molar-refractivity contribution < 1.29 is 5.11 Å². The Morgan fingerprint density at radius 1 is 1.42 bits per heavy atom. The summed E-state index contributed by atoms with van der Waals surface area (Å²) in [6.07, 6.45) is 3.04. The van der Waals surface area contributed by atoms with Gasteiger partial charge in [-0.2, -0.15) is 0 Å². The van der Waals surface area contributed by atoms with E-state index >= 15 is 0 Å². The van der Waals surface area contributed by atoms with E-state index in [0.717, 1.165) is 32.6 Å². The average molecular weight is 260 g/mol. The summed E-state index contributed by atoms with van der Waals surface area (Å²) < 4.78 is 0. The largest absolute Gasteiger partial charge is 0.391 e. The molecule has 1 saturated heterocycles. The maximum atomic E-state index is 9.85. The Labute approximate surface area is 115 Å². The first-order valence-electron chi connectivity index (χ1n) is 7.07. The van der Waals surface area contributed by atoms with Crippen molar-refractivity contribution in [2.24, 2.45) is 5.92 Å². The van der Waals surface area contributed by atoms with Crippen molar-refractivity contribution in [3.05, 3.63) is 41.5 Å². The van der Waals surface area contributed by atoms with Gasteiger partial charge in [-0.05, 0) is 31.4 Å². The van der Waals surface area contributed by atoms with Crippen molar-refractivity contribution in [2.75, 3.05) is 26.2 Å². The Morgan fingerprint density at radius 2 is 2.21 bits per heavy atom. The zero-order chi connectivity index (χ0) is 13.5. The fourth-order valence-corrected chi connectivity index (χ4v) is 2.47. The van der Waals surface area contributed by atoms with Gasteiger partial charge in [-0.1, -0.05) is 42.0 Å². The third-order valence-corrected chi connectivity index (χ3v) is 3.61. The van der Waals surface area contributed by atoms with Crippen molar-refractivity contribution in [3.8, 4) is 0 Å². The first kappa shape index (κ1) is 14.3. The van der Waals surface area contributed by atoms with Crippen LogP contribution in [0.15, 0.2) is 35.9 Å². The zero-order valence-corrected chi connectivity index (χ0v) is 11.6. The van der Waals surface area contributed by atoms with Crippen LogP contribution in [0, 0.1) is 5.92 Å². The maximum absolute atomic E-state index is 9.85. The minimum Gasteiger partial charge on any atom is -0.391 e. The van der Waals surface area contributed by atoms with E-state index in [1.165, 1.54) is 11.1 Å². The van der Waals surface area contributed by atoms with Gasteiger partial charge in [0.25, 0.3) is 0 Å². The highest BCUT2D eigenvalue weighted by molar-refractivity contribution is 5.52. The lowest BCUT2D eigenvalue weighted by Gasteiger charge is -2.28. The van der Waals surface area contributed by atoms with Gasteiger partial charge in [0.1, 0.15) is 0 Å². The average Bonchev–Trinajstić information content (AvgIpc) is 2.42. The van der Waals surface area contributed by atoms with E-state index in [1.807, 2.05) is 6.07 Å². The molecule has 3 nitrogen and oxygen atoms in total. The Hall–Kier alpha value is -1.16. The van der Waals surface area contributed by atoms with Gasteiger partial charge >= 0.3 is 0 Å². The highest BCUT2D eigenvalue weighted by atomic mass is 16.3. The number of β-amino-alcohol motifs (C(OH)–C–C–N with tert-alkyl or cyclic N) is 1. The molecule has 1 aromatic rings. The number of benzene rings is 1. The molecule has 1 aliphatic rings. The molecule has 0 spiro atoms. The highest BCUT2D eigenvalue weighted by Gasteiger charge is 2.21. The van der Waals surface area contributed by atoms with Gasteiger partial charge in [0, 0.05) is 19.6 Å². The molecule has 0 saturated carbocycles. The Morgan fingerprint density at radius 3 is 2.95 bits per heavy atom. The summed E-state index contributed by atoms with van der Waals surface area (Å²) in [5, 5.41) is 16.5. The highest BCUT2D eigenvalue weighted by Crippen LogP contribution is 2.11. The van der Waals surface area contributed by atoms with Crippen LogP contribution in [0.25, 0.3) is 6.08 Å². The summed E-state index contributed by atoms with van der Waals surface area (Å²) in [6.45, 7) is 5.65. The number of aliphatic hydroxyl groups is 1. The summed E-state index contributed by atoms with van der Waals surface area (Å²) in [5.41, 5.74) is 2.55. The van der Waals surface area contributed by atoms with Crippen molar-refractivity contribution in [2.45, 2.75) is 19.4 Å². The third-order valence-electron chi connectivity index (χ3n) is 3.61. The van der Waals surface area contributed by atoms with E-state index in [-0.39, 0.29) is 6.10 Å². The standard InChI is InChI=1S/C16H24N2O/c1-13(9-14-5-3-2-4-6-14)10-18-11-15-7-8-17-12-16(15)19/h2-6,9,15-19H,7-8,10-12H2,1H3/b13-9+/t15-,16+/m0/s1. The number of hydrogen-bond acceptors (Lipinski definition) is 3. The van der Waals surface area contributed by atoms with Gasteiger partial charge in [-0.3, -0.25) is 0 Å². The van der Waals surface area contributed by atoms with E-state index in [1.54, 1.807) is 0 Å². The van der Waals surface area contributed by atoms with Crippen LogP contribution < -0.4 is 10.6 Å². The lowest BCUT2D eigenvalue weighted by atomic mass is 9.95. The van der Waals surface area contributed by atoms with Gasteiger partial charge in [-0.15, -0.1) is 0 Å². The van der Waals surface area contributed by atoms with Gasteiger partial charge in [-0.25, -0.2) is 0 Å². The molecular weight excluding hydrogens is 236 g/mol. The molecule has 0 aliphatic carbocycles. The first-order valence-corrected chi connectivity index (χ1v) is 7.07. The number of piperidine rings is 1. The van der Waals surface area contributed by atoms with Crippen LogP contribution in [-0.4, -0.2) is 37.4 Å². The lowest BCUT2D eigenvalue weighted by Crippen LogP contribution is -2.44. The topological polar surface area (TPSA) is 44.3 Å². The van der Waals surface area contributed by atoms with E-state index < -0.39 is 0 Å². The SMILES string of the molecule is C/C(=C\c1ccccc1)CNC[C@@H]1CCNC[C@H]1O. The molecule has 104 valence electrons. The Kier molecular flexibility index (Phi) is 5.58. The molecular formula is C16H24N2O. The third kappa shape index (κ3) is 4.78. The fourth-order valence-electron chi connectivity index (χ4n) is 2.47. The zero-order valence-electron chi connectivity index (χ0n) is 11.6. The monoisotopic (exact) mass is 260 g/mol. The quantitative estimate of drug-likeness (QED) is 0.754. The number of aliphatic hydroxyl groups excluding tert-OH is 1. The summed E-state index contributed by atoms with van der Waals surface area (Å²) in [7, 11) is 0. The van der Waals surface area contributed by atoms with Crippen molar-refractivity contribution in [3.63, 3.8) is 0 Å². The molecule has 1 aromatic carbocycles. The fraction of sp³-hybridized carbons (Fsp3) is 0.500.